The van der Waals surface area contributed by atoms with Crippen molar-refractivity contribution in [3.05, 3.63) is 47.5 Å². The molecule has 2 aromatic rings. The first-order valence-corrected chi connectivity index (χ1v) is 9.09. The predicted octanol–water partition coefficient (Wildman–Crippen LogP) is 1.21. The molecule has 1 aromatic carbocycles. The lowest BCUT2D eigenvalue weighted by Crippen LogP contribution is -2.42. The Balaban J connectivity index is 1.26. The molecular formula is C19H24N4O3. The summed E-state index contributed by atoms with van der Waals surface area (Å²) in [5, 5.41) is 0. The van der Waals surface area contributed by atoms with Gasteiger partial charge in [0.1, 0.15) is 5.75 Å². The van der Waals surface area contributed by atoms with Crippen molar-refractivity contribution in [3.63, 3.8) is 0 Å². The van der Waals surface area contributed by atoms with Gasteiger partial charge >= 0.3 is 0 Å². The Morgan fingerprint density at radius 2 is 2.00 bits per heavy atom. The molecule has 0 radical (unpaired) electrons. The zero-order chi connectivity index (χ0) is 17.8. The fraction of sp³-hybridized carbons (Fsp3) is 0.474. The number of carbonyl (C=O) groups is 1. The minimum atomic E-state index is 0.0149. The summed E-state index contributed by atoms with van der Waals surface area (Å²) in [6.07, 6.45) is 2.77. The van der Waals surface area contributed by atoms with Gasteiger partial charge in [-0.1, -0.05) is 12.1 Å². The van der Waals surface area contributed by atoms with E-state index in [2.05, 4.69) is 27.0 Å². The minimum Gasteiger partial charge on any atom is -0.484 e. The number of aromatic amines is 1. The molecule has 0 bridgehead atoms. The van der Waals surface area contributed by atoms with Crippen LogP contribution in [0.4, 0.5) is 0 Å². The number of fused-ring (bicyclic) bond motifs is 1. The summed E-state index contributed by atoms with van der Waals surface area (Å²) in [6.45, 7) is 5.41. The topological polar surface area (TPSA) is 70.7 Å². The van der Waals surface area contributed by atoms with Crippen LogP contribution in [0.15, 0.2) is 30.6 Å². The maximum atomic E-state index is 12.1. The van der Waals surface area contributed by atoms with E-state index in [1.165, 1.54) is 17.0 Å². The molecule has 0 spiro atoms. The molecule has 0 aliphatic carbocycles. The quantitative estimate of drug-likeness (QED) is 0.872. The second kappa shape index (κ2) is 7.88. The molecule has 26 heavy (non-hydrogen) atoms. The third kappa shape index (κ3) is 4.05. The Morgan fingerprint density at radius 1 is 1.19 bits per heavy atom. The Labute approximate surface area is 152 Å². The maximum absolute atomic E-state index is 12.1. The van der Waals surface area contributed by atoms with Crippen LogP contribution in [-0.4, -0.2) is 65.1 Å². The number of carbonyl (C=O) groups excluding carboxylic acids is 1. The van der Waals surface area contributed by atoms with Gasteiger partial charge in [0.2, 0.25) is 0 Å². The number of imidazole rings is 1. The normalized spacial score (nSPS) is 17.8. The van der Waals surface area contributed by atoms with Crippen LogP contribution >= 0.6 is 0 Å². The van der Waals surface area contributed by atoms with Gasteiger partial charge in [0.05, 0.1) is 30.9 Å². The summed E-state index contributed by atoms with van der Waals surface area (Å²) in [6, 6.07) is 8.01. The largest absolute Gasteiger partial charge is 0.484 e. The molecule has 0 atom stereocenters. The van der Waals surface area contributed by atoms with Gasteiger partial charge < -0.3 is 19.4 Å². The van der Waals surface area contributed by atoms with E-state index in [4.69, 9.17) is 9.47 Å². The van der Waals surface area contributed by atoms with Gasteiger partial charge in [-0.2, -0.15) is 0 Å². The number of ether oxygens (including phenoxy) is 2. The SMILES string of the molecule is O=C(COc1ccc(CN2CCc3nc[nH]c3C2)cc1)N1CCOCC1. The van der Waals surface area contributed by atoms with Crippen LogP contribution in [0, 0.1) is 0 Å². The molecule has 7 nitrogen and oxygen atoms in total. The number of hydrogen-bond acceptors (Lipinski definition) is 5. The van der Waals surface area contributed by atoms with E-state index in [0.29, 0.717) is 26.3 Å². The number of morpholine rings is 1. The van der Waals surface area contributed by atoms with E-state index in [1.807, 2.05) is 12.1 Å². The molecule has 3 heterocycles. The van der Waals surface area contributed by atoms with Crippen molar-refractivity contribution < 1.29 is 14.3 Å². The standard InChI is InChI=1S/C19H24N4O3/c24-19(23-7-9-25-10-8-23)13-26-16-3-1-15(2-4-16)11-22-6-5-17-18(12-22)21-14-20-17/h1-4,14H,5-13H2,(H,20,21). The molecule has 2 aliphatic rings. The molecule has 2 aliphatic heterocycles. The first-order valence-electron chi connectivity index (χ1n) is 9.09. The summed E-state index contributed by atoms with van der Waals surface area (Å²) in [4.78, 5) is 23.9. The fourth-order valence-electron chi connectivity index (χ4n) is 3.40. The van der Waals surface area contributed by atoms with Gasteiger partial charge in [0, 0.05) is 39.1 Å². The number of benzene rings is 1. The van der Waals surface area contributed by atoms with E-state index >= 15 is 0 Å². The highest BCUT2D eigenvalue weighted by Crippen LogP contribution is 2.19. The van der Waals surface area contributed by atoms with E-state index in [-0.39, 0.29) is 12.5 Å². The molecule has 0 unspecified atom stereocenters. The number of nitrogens with zero attached hydrogens (tertiary/aromatic N) is 3. The van der Waals surface area contributed by atoms with Crippen LogP contribution in [-0.2, 0) is 29.0 Å². The van der Waals surface area contributed by atoms with Crippen LogP contribution < -0.4 is 4.74 Å². The average Bonchev–Trinajstić information content (AvgIpc) is 3.16. The van der Waals surface area contributed by atoms with Gasteiger partial charge in [-0.15, -0.1) is 0 Å². The highest BCUT2D eigenvalue weighted by Gasteiger charge is 2.19. The number of nitrogens with one attached hydrogen (secondary N) is 1. The van der Waals surface area contributed by atoms with E-state index < -0.39 is 0 Å². The maximum Gasteiger partial charge on any atom is 0.260 e. The van der Waals surface area contributed by atoms with E-state index in [1.54, 1.807) is 11.2 Å². The van der Waals surface area contributed by atoms with E-state index in [0.717, 1.165) is 31.8 Å². The third-order valence-corrected chi connectivity index (χ3v) is 4.91. The molecule has 4 rings (SSSR count). The first-order chi connectivity index (χ1) is 12.8. The Hall–Kier alpha value is -2.38. The summed E-state index contributed by atoms with van der Waals surface area (Å²) in [5.74, 6) is 0.742. The smallest absolute Gasteiger partial charge is 0.260 e. The summed E-state index contributed by atoms with van der Waals surface area (Å²) in [7, 11) is 0. The molecule has 1 fully saturated rings. The molecule has 1 N–H and O–H groups in total. The lowest BCUT2D eigenvalue weighted by molar-refractivity contribution is -0.137. The van der Waals surface area contributed by atoms with Gasteiger partial charge in [-0.3, -0.25) is 9.69 Å². The molecule has 7 heteroatoms. The first kappa shape index (κ1) is 17.1. The fourth-order valence-corrected chi connectivity index (χ4v) is 3.40. The second-order valence-corrected chi connectivity index (χ2v) is 6.71. The molecule has 0 saturated carbocycles. The van der Waals surface area contributed by atoms with Crippen molar-refractivity contribution in [1.82, 2.24) is 19.8 Å². The zero-order valence-corrected chi connectivity index (χ0v) is 14.8. The highest BCUT2D eigenvalue weighted by molar-refractivity contribution is 5.77. The number of hydrogen-bond donors (Lipinski definition) is 1. The lowest BCUT2D eigenvalue weighted by Gasteiger charge is -2.27. The van der Waals surface area contributed by atoms with Crippen LogP contribution in [0.25, 0.3) is 0 Å². The highest BCUT2D eigenvalue weighted by atomic mass is 16.5. The van der Waals surface area contributed by atoms with Gasteiger partial charge in [-0.05, 0) is 17.7 Å². The summed E-state index contributed by atoms with van der Waals surface area (Å²) >= 11 is 0. The minimum absolute atomic E-state index is 0.0149. The van der Waals surface area contributed by atoms with Crippen molar-refractivity contribution >= 4 is 5.91 Å². The number of rotatable bonds is 5. The number of aromatic nitrogens is 2. The molecule has 138 valence electrons. The summed E-state index contributed by atoms with van der Waals surface area (Å²) < 4.78 is 10.9. The van der Waals surface area contributed by atoms with Gasteiger partial charge in [0.15, 0.2) is 6.61 Å². The Morgan fingerprint density at radius 3 is 2.81 bits per heavy atom. The van der Waals surface area contributed by atoms with Crippen LogP contribution in [0.3, 0.4) is 0 Å². The van der Waals surface area contributed by atoms with Crippen molar-refractivity contribution in [2.24, 2.45) is 0 Å². The average molecular weight is 356 g/mol. The van der Waals surface area contributed by atoms with E-state index in [9.17, 15) is 4.79 Å². The predicted molar refractivity (Wildman–Crippen MR) is 95.7 cm³/mol. The second-order valence-electron chi connectivity index (χ2n) is 6.71. The number of amides is 1. The molecular weight excluding hydrogens is 332 g/mol. The number of H-pyrrole nitrogens is 1. The van der Waals surface area contributed by atoms with Crippen molar-refractivity contribution in [3.8, 4) is 5.75 Å². The summed E-state index contributed by atoms with van der Waals surface area (Å²) in [5.41, 5.74) is 3.65. The lowest BCUT2D eigenvalue weighted by atomic mass is 10.1. The van der Waals surface area contributed by atoms with Crippen molar-refractivity contribution in [2.75, 3.05) is 39.5 Å². The van der Waals surface area contributed by atoms with Gasteiger partial charge in [-0.25, -0.2) is 4.98 Å². The molecule has 1 aromatic heterocycles. The van der Waals surface area contributed by atoms with Crippen molar-refractivity contribution in [1.29, 1.82) is 0 Å². The van der Waals surface area contributed by atoms with Gasteiger partial charge in [0.25, 0.3) is 5.91 Å². The van der Waals surface area contributed by atoms with Crippen molar-refractivity contribution in [2.45, 2.75) is 19.5 Å². The third-order valence-electron chi connectivity index (χ3n) is 4.91. The Kier molecular flexibility index (Phi) is 5.17. The Bertz CT molecular complexity index is 737. The molecule has 1 amide bonds. The van der Waals surface area contributed by atoms with Crippen LogP contribution in [0.2, 0.25) is 0 Å². The molecule has 1 saturated heterocycles. The zero-order valence-electron chi connectivity index (χ0n) is 14.8. The monoisotopic (exact) mass is 356 g/mol. The van der Waals surface area contributed by atoms with Crippen LogP contribution in [0.1, 0.15) is 17.0 Å². The van der Waals surface area contributed by atoms with Crippen LogP contribution in [0.5, 0.6) is 5.75 Å².